The highest BCUT2D eigenvalue weighted by Gasteiger charge is 2.55. The monoisotopic (exact) mass is 607 g/mol. The average Bonchev–Trinajstić information content (AvgIpc) is 3.45. The number of aromatic nitrogens is 2. The molecule has 1 aromatic heterocycles. The minimum Gasteiger partial charge on any atom is -0.403 e. The second kappa shape index (κ2) is 12.9. The number of anilines is 2. The average molecular weight is 608 g/mol. The summed E-state index contributed by atoms with van der Waals surface area (Å²) < 4.78 is 6.36. The zero-order chi connectivity index (χ0) is 31.6. The lowest BCUT2D eigenvalue weighted by Crippen LogP contribution is -2.56. The van der Waals surface area contributed by atoms with Crippen molar-refractivity contribution in [2.45, 2.75) is 102 Å². The number of carbonyl (C=O) groups excluding carboxylic acids is 1. The topological polar surface area (TPSA) is 124 Å². The first-order valence-corrected chi connectivity index (χ1v) is 16.0. The molecule has 1 aromatic rings. The largest absolute Gasteiger partial charge is 0.403 e. The molecule has 1 unspecified atom stereocenters. The summed E-state index contributed by atoms with van der Waals surface area (Å²) >= 11 is 0. The van der Waals surface area contributed by atoms with Crippen molar-refractivity contribution in [1.29, 1.82) is 0 Å². The molecule has 3 saturated heterocycles. The Morgan fingerprint density at radius 3 is 2.68 bits per heavy atom. The van der Waals surface area contributed by atoms with Crippen molar-refractivity contribution in [3.8, 4) is 0 Å². The summed E-state index contributed by atoms with van der Waals surface area (Å²) in [5.41, 5.74) is 7.25. The molecule has 0 saturated carbocycles. The van der Waals surface area contributed by atoms with Crippen molar-refractivity contribution < 1.29 is 11.0 Å². The number of hydrogen-bond acceptors (Lipinski definition) is 10. The lowest BCUT2D eigenvalue weighted by Gasteiger charge is -2.47. The number of hydrogen-bond donors (Lipinski definition) is 3. The van der Waals surface area contributed by atoms with Gasteiger partial charge in [-0.25, -0.2) is 4.98 Å². The highest BCUT2D eigenvalue weighted by atomic mass is 16.5. The molecule has 5 heterocycles. The quantitative estimate of drug-likeness (QED) is 0.284. The van der Waals surface area contributed by atoms with Crippen molar-refractivity contribution >= 4 is 23.9 Å². The molecule has 11 heteroatoms. The van der Waals surface area contributed by atoms with Gasteiger partial charge in [-0.2, -0.15) is 4.98 Å². The van der Waals surface area contributed by atoms with Crippen LogP contribution in [0.3, 0.4) is 0 Å². The fourth-order valence-electron chi connectivity index (χ4n) is 6.97. The first-order valence-electron chi connectivity index (χ1n) is 16.0. The van der Waals surface area contributed by atoms with Gasteiger partial charge in [-0.1, -0.05) is 19.1 Å². The van der Waals surface area contributed by atoms with E-state index >= 15 is 0 Å². The summed E-state index contributed by atoms with van der Waals surface area (Å²) in [6, 6.07) is 0.678. The minimum absolute atomic E-state index is 0. The molecule has 4 N–H and O–H groups in total. The predicted molar refractivity (Wildman–Crippen MR) is 179 cm³/mol. The van der Waals surface area contributed by atoms with Crippen molar-refractivity contribution in [3.05, 3.63) is 47.7 Å². The van der Waals surface area contributed by atoms with E-state index in [0.717, 1.165) is 56.0 Å². The van der Waals surface area contributed by atoms with E-state index < -0.39 is 0 Å². The Hall–Kier alpha value is -3.44. The molecule has 3 fully saturated rings. The second-order valence-corrected chi connectivity index (χ2v) is 13.7. The van der Waals surface area contributed by atoms with Gasteiger partial charge in [-0.05, 0) is 79.6 Å². The van der Waals surface area contributed by atoms with E-state index in [-0.39, 0.29) is 36.5 Å². The van der Waals surface area contributed by atoms with Crippen molar-refractivity contribution in [3.63, 3.8) is 0 Å². The Labute approximate surface area is 264 Å². The van der Waals surface area contributed by atoms with E-state index in [9.17, 15) is 4.79 Å². The zero-order valence-electron chi connectivity index (χ0n) is 27.5. The molecular weight excluding hydrogens is 554 g/mol. The summed E-state index contributed by atoms with van der Waals surface area (Å²) in [6.07, 6.45) is 15.9. The summed E-state index contributed by atoms with van der Waals surface area (Å²) in [7, 11) is 4.01. The van der Waals surface area contributed by atoms with E-state index in [1.807, 2.05) is 36.5 Å². The molecule has 4 aliphatic heterocycles. The molecule has 0 aliphatic carbocycles. The lowest BCUT2D eigenvalue weighted by atomic mass is 9.73. The van der Waals surface area contributed by atoms with Gasteiger partial charge in [0.25, 0.3) is 0 Å². The molecule has 4 atom stereocenters. The molecule has 0 spiro atoms. The number of piperidine rings is 1. The first kappa shape index (κ1) is 32.0. The van der Waals surface area contributed by atoms with Gasteiger partial charge in [-0.3, -0.25) is 14.7 Å². The van der Waals surface area contributed by atoms with Crippen molar-refractivity contribution in [2.24, 2.45) is 10.7 Å². The highest BCUT2D eigenvalue weighted by Crippen LogP contribution is 2.51. The number of rotatable bonds is 9. The van der Waals surface area contributed by atoms with Gasteiger partial charge in [0.1, 0.15) is 11.6 Å². The van der Waals surface area contributed by atoms with Crippen LogP contribution in [0.5, 0.6) is 0 Å². The lowest BCUT2D eigenvalue weighted by molar-refractivity contribution is -0.127. The number of amides is 1. The van der Waals surface area contributed by atoms with Crippen LogP contribution in [0.15, 0.2) is 47.1 Å². The SMILES string of the molecule is CN/C(=C\C=C/C(C)N1c2nc(N/C(C=NC3CCN(C)CC3)=C/N)ncc2[C@@]2(C)COC(C)(C)C[C@@H]12)N1C(=O)CC[C@@H]1C.[HH]. The predicted octanol–water partition coefficient (Wildman–Crippen LogP) is 3.76. The second-order valence-electron chi connectivity index (χ2n) is 13.7. The van der Waals surface area contributed by atoms with Gasteiger partial charge in [0, 0.05) is 62.6 Å². The normalized spacial score (nSPS) is 29.0. The van der Waals surface area contributed by atoms with Gasteiger partial charge < -0.3 is 30.9 Å². The number of fused-ring (bicyclic) bond motifs is 3. The van der Waals surface area contributed by atoms with Crippen LogP contribution < -0.4 is 21.3 Å². The van der Waals surface area contributed by atoms with Gasteiger partial charge in [-0.15, -0.1) is 0 Å². The molecule has 0 radical (unpaired) electrons. The van der Waals surface area contributed by atoms with Crippen LogP contribution in [0.2, 0.25) is 0 Å². The molecule has 5 rings (SSSR count). The van der Waals surface area contributed by atoms with Crippen LogP contribution >= 0.6 is 0 Å². The minimum atomic E-state index is -0.256. The third-order valence-electron chi connectivity index (χ3n) is 9.78. The van der Waals surface area contributed by atoms with E-state index in [1.165, 1.54) is 6.20 Å². The molecule has 0 aromatic carbocycles. The molecule has 11 nitrogen and oxygen atoms in total. The smallest absolute Gasteiger partial charge is 0.229 e. The number of nitrogens with one attached hydrogen (secondary N) is 2. The molecular formula is C33H53N9O2. The van der Waals surface area contributed by atoms with E-state index in [0.29, 0.717) is 30.7 Å². The number of nitrogens with two attached hydrogens (primary N) is 1. The Morgan fingerprint density at radius 2 is 2.02 bits per heavy atom. The number of nitrogens with zero attached hydrogens (tertiary/aromatic N) is 6. The van der Waals surface area contributed by atoms with E-state index in [2.05, 4.69) is 68.2 Å². The highest BCUT2D eigenvalue weighted by molar-refractivity contribution is 5.82. The molecule has 1 amide bonds. The third kappa shape index (κ3) is 6.49. The molecule has 44 heavy (non-hydrogen) atoms. The van der Waals surface area contributed by atoms with E-state index in [1.54, 1.807) is 0 Å². The maximum atomic E-state index is 12.5. The van der Waals surface area contributed by atoms with Crippen molar-refractivity contribution in [2.75, 3.05) is 44.0 Å². The number of ether oxygens (including phenoxy) is 1. The van der Waals surface area contributed by atoms with E-state index in [4.69, 9.17) is 25.4 Å². The Morgan fingerprint density at radius 1 is 1.27 bits per heavy atom. The Balaban J connectivity index is 0.00000461. The van der Waals surface area contributed by atoms with Gasteiger partial charge in [0.05, 0.1) is 23.9 Å². The third-order valence-corrected chi connectivity index (χ3v) is 9.78. The number of allylic oxidation sites excluding steroid dienone is 3. The summed E-state index contributed by atoms with van der Waals surface area (Å²) in [6.45, 7) is 13.6. The van der Waals surface area contributed by atoms with Gasteiger partial charge in [0.2, 0.25) is 11.9 Å². The van der Waals surface area contributed by atoms with Crippen LogP contribution in [0.4, 0.5) is 11.8 Å². The van der Waals surface area contributed by atoms with Crippen LogP contribution in [0.1, 0.15) is 73.7 Å². The molecule has 242 valence electrons. The fourth-order valence-corrected chi connectivity index (χ4v) is 6.97. The summed E-state index contributed by atoms with van der Waals surface area (Å²) in [4.78, 5) is 33.7. The Bertz CT molecular complexity index is 1340. The maximum absolute atomic E-state index is 12.5. The maximum Gasteiger partial charge on any atom is 0.229 e. The standard InChI is InChI=1S/C33H51N9O2.H2/c1-22(9-8-10-28(35-6)42-23(2)11-12-29(42)43)41-27-17-32(3,4)44-21-33(27,5)26-20-37-31(39-30(26)41)38-25(18-34)19-36-24-13-15-40(7)16-14-24;/h8-10,18-20,22-24,27,35H,11-17,21,34H2,1-7H3,(H,37,38,39);1H/b9-8-,25-18+,28-10+,36-19?;/t22?,23-,27+,33+;/m0./s1. The summed E-state index contributed by atoms with van der Waals surface area (Å²) in [5, 5.41) is 6.52. The van der Waals surface area contributed by atoms with Crippen LogP contribution in [-0.2, 0) is 14.9 Å². The first-order chi connectivity index (χ1) is 21.0. The fraction of sp³-hybridized carbons (Fsp3) is 0.636. The van der Waals surface area contributed by atoms with Gasteiger partial charge in [0.15, 0.2) is 0 Å². The number of likely N-dealkylation sites (tertiary alicyclic amines) is 2. The van der Waals surface area contributed by atoms with Crippen LogP contribution in [0.25, 0.3) is 0 Å². The summed E-state index contributed by atoms with van der Waals surface area (Å²) in [5.74, 6) is 2.36. The van der Waals surface area contributed by atoms with Crippen LogP contribution in [-0.4, -0.2) is 95.4 Å². The molecule has 4 aliphatic rings. The Kier molecular flexibility index (Phi) is 9.36. The molecule has 0 bridgehead atoms. The zero-order valence-corrected chi connectivity index (χ0v) is 27.5. The number of aliphatic imine (C=N–C) groups is 1. The van der Waals surface area contributed by atoms with Crippen molar-refractivity contribution in [1.82, 2.24) is 25.1 Å². The van der Waals surface area contributed by atoms with Crippen LogP contribution in [0, 0.1) is 0 Å². The number of carbonyl (C=O) groups is 1. The van der Waals surface area contributed by atoms with Gasteiger partial charge >= 0.3 is 0 Å².